The maximum absolute atomic E-state index is 12.4. The minimum absolute atomic E-state index is 0.0565. The summed E-state index contributed by atoms with van der Waals surface area (Å²) < 4.78 is 7.44. The fourth-order valence-electron chi connectivity index (χ4n) is 3.32. The van der Waals surface area contributed by atoms with E-state index < -0.39 is 6.09 Å². The lowest BCUT2D eigenvalue weighted by Gasteiger charge is -2.18. The summed E-state index contributed by atoms with van der Waals surface area (Å²) in [6.45, 7) is 0.453. The molecule has 0 aliphatic carbocycles. The first-order chi connectivity index (χ1) is 14.3. The second kappa shape index (κ2) is 8.93. The number of benzene rings is 3. The van der Waals surface area contributed by atoms with E-state index in [0.717, 1.165) is 16.8 Å². The molecule has 4 rings (SSSR count). The first-order valence-corrected chi connectivity index (χ1v) is 9.58. The Kier molecular flexibility index (Phi) is 5.72. The van der Waals surface area contributed by atoms with Crippen molar-refractivity contribution >= 4 is 6.09 Å². The normalized spacial score (nSPS) is 10.7. The van der Waals surface area contributed by atoms with Crippen LogP contribution in [0.2, 0.25) is 0 Å². The SMILES string of the molecule is O=C(NCC(c1ccccc1)c1ccccc1)Oc1ccc(-n2cccc2)cc1. The third kappa shape index (κ3) is 4.74. The molecule has 0 radical (unpaired) electrons. The second-order valence-electron chi connectivity index (χ2n) is 6.73. The maximum Gasteiger partial charge on any atom is 0.412 e. The lowest BCUT2D eigenvalue weighted by atomic mass is 9.91. The van der Waals surface area contributed by atoms with Gasteiger partial charge in [-0.15, -0.1) is 0 Å². The first kappa shape index (κ1) is 18.6. The van der Waals surface area contributed by atoms with Crippen molar-refractivity contribution in [3.8, 4) is 11.4 Å². The van der Waals surface area contributed by atoms with Gasteiger partial charge in [-0.3, -0.25) is 0 Å². The summed E-state index contributed by atoms with van der Waals surface area (Å²) in [6.07, 6.45) is 3.47. The van der Waals surface area contributed by atoms with Crippen LogP contribution >= 0.6 is 0 Å². The minimum atomic E-state index is -0.462. The Morgan fingerprint density at radius 3 is 1.86 bits per heavy atom. The molecule has 0 atom stereocenters. The first-order valence-electron chi connectivity index (χ1n) is 9.58. The van der Waals surface area contributed by atoms with E-state index in [-0.39, 0.29) is 5.92 Å². The lowest BCUT2D eigenvalue weighted by Crippen LogP contribution is -2.31. The predicted octanol–water partition coefficient (Wildman–Crippen LogP) is 5.40. The van der Waals surface area contributed by atoms with E-state index in [1.807, 2.05) is 77.6 Å². The number of amides is 1. The van der Waals surface area contributed by atoms with Gasteiger partial charge in [0.25, 0.3) is 0 Å². The fraction of sp³-hybridized carbons (Fsp3) is 0.0800. The Morgan fingerprint density at radius 2 is 1.31 bits per heavy atom. The molecule has 3 aromatic carbocycles. The standard InChI is InChI=1S/C25H22N2O2/c28-25(29-23-15-13-22(14-16-23)27-17-7-8-18-27)26-19-24(20-9-3-1-4-10-20)21-11-5-2-6-12-21/h1-18,24H,19H2,(H,26,28). The van der Waals surface area contributed by atoms with Crippen LogP contribution in [0.5, 0.6) is 5.75 Å². The van der Waals surface area contributed by atoms with Crippen molar-refractivity contribution in [2.24, 2.45) is 0 Å². The van der Waals surface area contributed by atoms with Crippen LogP contribution in [-0.4, -0.2) is 17.2 Å². The van der Waals surface area contributed by atoms with Crippen LogP contribution < -0.4 is 10.1 Å². The van der Waals surface area contributed by atoms with Crippen molar-refractivity contribution in [2.75, 3.05) is 6.54 Å². The number of rotatable bonds is 6. The zero-order chi connectivity index (χ0) is 19.9. The average molecular weight is 382 g/mol. The van der Waals surface area contributed by atoms with Crippen molar-refractivity contribution in [3.63, 3.8) is 0 Å². The molecule has 1 heterocycles. The number of nitrogens with one attached hydrogen (secondary N) is 1. The molecule has 144 valence electrons. The monoisotopic (exact) mass is 382 g/mol. The van der Waals surface area contributed by atoms with Crippen LogP contribution in [0.25, 0.3) is 5.69 Å². The van der Waals surface area contributed by atoms with Gasteiger partial charge >= 0.3 is 6.09 Å². The molecular formula is C25H22N2O2. The number of carbonyl (C=O) groups excluding carboxylic acids is 1. The summed E-state index contributed by atoms with van der Waals surface area (Å²) in [7, 11) is 0. The Bertz CT molecular complexity index is 988. The summed E-state index contributed by atoms with van der Waals surface area (Å²) in [5.41, 5.74) is 3.31. The molecule has 4 heteroatoms. The summed E-state index contributed by atoms with van der Waals surface area (Å²) in [5.74, 6) is 0.565. The molecule has 1 aromatic heterocycles. The van der Waals surface area contributed by atoms with Crippen molar-refractivity contribution in [1.82, 2.24) is 9.88 Å². The third-order valence-corrected chi connectivity index (χ3v) is 4.80. The van der Waals surface area contributed by atoms with E-state index in [0.29, 0.717) is 12.3 Å². The molecule has 0 aliphatic heterocycles. The highest BCUT2D eigenvalue weighted by Crippen LogP contribution is 2.24. The van der Waals surface area contributed by atoms with Crippen LogP contribution in [0, 0.1) is 0 Å². The molecule has 0 spiro atoms. The van der Waals surface area contributed by atoms with E-state index >= 15 is 0 Å². The van der Waals surface area contributed by atoms with Gasteiger partial charge in [-0.05, 0) is 47.5 Å². The molecule has 1 amide bonds. The highest BCUT2D eigenvalue weighted by atomic mass is 16.6. The predicted molar refractivity (Wildman–Crippen MR) is 115 cm³/mol. The summed E-state index contributed by atoms with van der Waals surface area (Å²) in [5, 5.41) is 2.90. The molecule has 4 nitrogen and oxygen atoms in total. The van der Waals surface area contributed by atoms with Gasteiger partial charge in [0.15, 0.2) is 0 Å². The quantitative estimate of drug-likeness (QED) is 0.485. The molecule has 29 heavy (non-hydrogen) atoms. The van der Waals surface area contributed by atoms with Crippen molar-refractivity contribution in [2.45, 2.75) is 5.92 Å². The third-order valence-electron chi connectivity index (χ3n) is 4.80. The number of aromatic nitrogens is 1. The molecule has 0 aliphatic rings. The van der Waals surface area contributed by atoms with Crippen LogP contribution in [0.15, 0.2) is 109 Å². The zero-order valence-corrected chi connectivity index (χ0v) is 15.9. The number of carbonyl (C=O) groups is 1. The van der Waals surface area contributed by atoms with Crippen LogP contribution in [0.4, 0.5) is 4.79 Å². The molecular weight excluding hydrogens is 360 g/mol. The van der Waals surface area contributed by atoms with Gasteiger partial charge in [-0.25, -0.2) is 4.79 Å². The van der Waals surface area contributed by atoms with E-state index in [4.69, 9.17) is 4.74 Å². The number of hydrogen-bond acceptors (Lipinski definition) is 2. The minimum Gasteiger partial charge on any atom is -0.410 e. The van der Waals surface area contributed by atoms with Gasteiger partial charge in [0.05, 0.1) is 0 Å². The molecule has 0 saturated heterocycles. The van der Waals surface area contributed by atoms with Crippen molar-refractivity contribution in [1.29, 1.82) is 0 Å². The van der Waals surface area contributed by atoms with Gasteiger partial charge in [0.2, 0.25) is 0 Å². The van der Waals surface area contributed by atoms with E-state index in [1.54, 1.807) is 12.1 Å². The van der Waals surface area contributed by atoms with Gasteiger partial charge in [-0.2, -0.15) is 0 Å². The van der Waals surface area contributed by atoms with E-state index in [1.165, 1.54) is 0 Å². The Balaban J connectivity index is 1.40. The molecule has 4 aromatic rings. The van der Waals surface area contributed by atoms with Crippen LogP contribution in [0.3, 0.4) is 0 Å². The molecule has 1 N–H and O–H groups in total. The van der Waals surface area contributed by atoms with E-state index in [2.05, 4.69) is 29.6 Å². The number of nitrogens with zero attached hydrogens (tertiary/aromatic N) is 1. The smallest absolute Gasteiger partial charge is 0.410 e. The fourth-order valence-corrected chi connectivity index (χ4v) is 3.32. The number of ether oxygens (including phenoxy) is 1. The maximum atomic E-state index is 12.4. The topological polar surface area (TPSA) is 43.3 Å². The lowest BCUT2D eigenvalue weighted by molar-refractivity contribution is 0.200. The zero-order valence-electron chi connectivity index (χ0n) is 15.9. The van der Waals surface area contributed by atoms with Crippen molar-refractivity contribution < 1.29 is 9.53 Å². The Morgan fingerprint density at radius 1 is 0.759 bits per heavy atom. The average Bonchev–Trinajstić information content (AvgIpc) is 3.31. The summed E-state index contributed by atoms with van der Waals surface area (Å²) >= 11 is 0. The molecule has 0 bridgehead atoms. The van der Waals surface area contributed by atoms with E-state index in [9.17, 15) is 4.79 Å². The molecule has 0 unspecified atom stereocenters. The molecule has 0 saturated carbocycles. The van der Waals surface area contributed by atoms with Crippen molar-refractivity contribution in [3.05, 3.63) is 121 Å². The van der Waals surface area contributed by atoms with Crippen LogP contribution in [-0.2, 0) is 0 Å². The summed E-state index contributed by atoms with van der Waals surface area (Å²) in [4.78, 5) is 12.4. The van der Waals surface area contributed by atoms with Gasteiger partial charge in [0, 0.05) is 30.5 Å². The van der Waals surface area contributed by atoms with Gasteiger partial charge < -0.3 is 14.6 Å². The summed E-state index contributed by atoms with van der Waals surface area (Å²) in [6, 6.07) is 31.7. The number of hydrogen-bond donors (Lipinski definition) is 1. The Labute approximate surface area is 170 Å². The largest absolute Gasteiger partial charge is 0.412 e. The highest BCUT2D eigenvalue weighted by Gasteiger charge is 2.15. The van der Waals surface area contributed by atoms with Gasteiger partial charge in [0.1, 0.15) is 5.75 Å². The highest BCUT2D eigenvalue weighted by molar-refractivity contribution is 5.70. The van der Waals surface area contributed by atoms with Gasteiger partial charge in [-0.1, -0.05) is 60.7 Å². The molecule has 0 fully saturated rings. The Hall–Kier alpha value is -3.79. The van der Waals surface area contributed by atoms with Crippen LogP contribution in [0.1, 0.15) is 17.0 Å². The second-order valence-corrected chi connectivity index (χ2v) is 6.73.